The van der Waals surface area contributed by atoms with E-state index in [2.05, 4.69) is 20.0 Å². The Bertz CT molecular complexity index is 360. The van der Waals surface area contributed by atoms with Crippen molar-refractivity contribution in [2.45, 2.75) is 13.5 Å². The van der Waals surface area contributed by atoms with Gasteiger partial charge in [-0.2, -0.15) is 0 Å². The second-order valence-corrected chi connectivity index (χ2v) is 4.96. The van der Waals surface area contributed by atoms with E-state index in [-0.39, 0.29) is 12.3 Å². The van der Waals surface area contributed by atoms with Crippen LogP contribution < -0.4 is 10.0 Å². The van der Waals surface area contributed by atoms with Crippen LogP contribution in [0.5, 0.6) is 0 Å². The predicted molar refractivity (Wildman–Crippen MR) is 57.8 cm³/mol. The fourth-order valence-corrected chi connectivity index (χ4v) is 1.94. The minimum Gasteiger partial charge on any atom is -0.347 e. The molecule has 86 valence electrons. The molecule has 3 N–H and O–H groups in total. The normalized spacial score (nSPS) is 11.8. The van der Waals surface area contributed by atoms with Crippen LogP contribution in [0, 0.1) is 0 Å². The molecule has 6 nitrogen and oxygen atoms in total. The van der Waals surface area contributed by atoms with Crippen LogP contribution in [0.1, 0.15) is 12.7 Å². The van der Waals surface area contributed by atoms with Gasteiger partial charge in [0, 0.05) is 18.9 Å². The van der Waals surface area contributed by atoms with Crippen molar-refractivity contribution in [3.63, 3.8) is 0 Å². The maximum atomic E-state index is 11.4. The first-order chi connectivity index (χ1) is 7.14. The van der Waals surface area contributed by atoms with E-state index in [9.17, 15) is 8.42 Å². The molecule has 1 rings (SSSR count). The number of imidazole rings is 1. The van der Waals surface area contributed by atoms with E-state index in [0.29, 0.717) is 12.4 Å². The number of aromatic amines is 1. The first kappa shape index (κ1) is 12.2. The number of nitrogens with zero attached hydrogens (tertiary/aromatic N) is 1. The lowest BCUT2D eigenvalue weighted by atomic mass is 10.6. The molecule has 15 heavy (non-hydrogen) atoms. The maximum Gasteiger partial charge on any atom is 0.213 e. The van der Waals surface area contributed by atoms with Crippen LogP contribution in [0.3, 0.4) is 0 Å². The van der Waals surface area contributed by atoms with Gasteiger partial charge in [-0.15, -0.1) is 0 Å². The highest BCUT2D eigenvalue weighted by Gasteiger charge is 2.09. The second-order valence-electron chi connectivity index (χ2n) is 3.03. The molecular formula is C8H16N4O2S. The van der Waals surface area contributed by atoms with E-state index in [0.717, 1.165) is 6.54 Å². The van der Waals surface area contributed by atoms with Gasteiger partial charge in [0.25, 0.3) is 0 Å². The summed E-state index contributed by atoms with van der Waals surface area (Å²) in [4.78, 5) is 6.74. The SMILES string of the molecule is CCNCCS(=O)(=O)NCc1ncc[nH]1. The Kier molecular flexibility index (Phi) is 4.73. The molecule has 0 amide bonds. The van der Waals surface area contributed by atoms with Gasteiger partial charge >= 0.3 is 0 Å². The Morgan fingerprint density at radius 3 is 2.93 bits per heavy atom. The largest absolute Gasteiger partial charge is 0.347 e. The van der Waals surface area contributed by atoms with Crippen molar-refractivity contribution in [3.8, 4) is 0 Å². The second kappa shape index (κ2) is 5.84. The van der Waals surface area contributed by atoms with E-state index >= 15 is 0 Å². The lowest BCUT2D eigenvalue weighted by molar-refractivity contribution is 0.576. The third-order valence-corrected chi connectivity index (χ3v) is 3.14. The van der Waals surface area contributed by atoms with Gasteiger partial charge < -0.3 is 10.3 Å². The van der Waals surface area contributed by atoms with Crippen molar-refractivity contribution < 1.29 is 8.42 Å². The molecule has 1 heterocycles. The molecule has 0 aromatic carbocycles. The van der Waals surface area contributed by atoms with Crippen molar-refractivity contribution in [2.24, 2.45) is 0 Å². The van der Waals surface area contributed by atoms with Crippen LogP contribution in [0.2, 0.25) is 0 Å². The maximum absolute atomic E-state index is 11.4. The average Bonchev–Trinajstić information content (AvgIpc) is 2.68. The van der Waals surface area contributed by atoms with Gasteiger partial charge in [-0.25, -0.2) is 18.1 Å². The van der Waals surface area contributed by atoms with Crippen LogP contribution in [0.15, 0.2) is 12.4 Å². The van der Waals surface area contributed by atoms with Gasteiger partial charge in [0.1, 0.15) is 5.82 Å². The van der Waals surface area contributed by atoms with Crippen LogP contribution in [0.25, 0.3) is 0 Å². The van der Waals surface area contributed by atoms with E-state index < -0.39 is 10.0 Å². The molecule has 0 aliphatic carbocycles. The number of sulfonamides is 1. The lowest BCUT2D eigenvalue weighted by Gasteiger charge is -2.05. The van der Waals surface area contributed by atoms with Crippen LogP contribution >= 0.6 is 0 Å². The molecule has 0 fully saturated rings. The summed E-state index contributed by atoms with van der Waals surface area (Å²) in [7, 11) is -3.20. The van der Waals surface area contributed by atoms with E-state index in [1.54, 1.807) is 12.4 Å². The minimum atomic E-state index is -3.20. The number of H-pyrrole nitrogens is 1. The van der Waals surface area contributed by atoms with E-state index in [1.807, 2.05) is 6.92 Å². The summed E-state index contributed by atoms with van der Waals surface area (Å²) in [6.07, 6.45) is 3.24. The summed E-state index contributed by atoms with van der Waals surface area (Å²) in [5.74, 6) is 0.698. The summed E-state index contributed by atoms with van der Waals surface area (Å²) in [5.41, 5.74) is 0. The molecular weight excluding hydrogens is 216 g/mol. The number of aromatic nitrogens is 2. The first-order valence-corrected chi connectivity index (χ1v) is 6.45. The number of nitrogens with one attached hydrogen (secondary N) is 3. The van der Waals surface area contributed by atoms with E-state index in [4.69, 9.17) is 0 Å². The Morgan fingerprint density at radius 2 is 2.33 bits per heavy atom. The van der Waals surface area contributed by atoms with Gasteiger partial charge in [0.2, 0.25) is 10.0 Å². The van der Waals surface area contributed by atoms with Gasteiger partial charge in [0.05, 0.1) is 12.3 Å². The molecule has 0 aliphatic rings. The third kappa shape index (κ3) is 4.91. The van der Waals surface area contributed by atoms with Crippen molar-refractivity contribution in [1.29, 1.82) is 0 Å². The average molecular weight is 232 g/mol. The lowest BCUT2D eigenvalue weighted by Crippen LogP contribution is -2.31. The Balaban J connectivity index is 2.30. The molecule has 0 atom stereocenters. The standard InChI is InChI=1S/C8H16N4O2S/c1-2-9-5-6-15(13,14)12-7-8-10-3-4-11-8/h3-4,9,12H,2,5-7H2,1H3,(H,10,11). The molecule has 0 saturated heterocycles. The van der Waals surface area contributed by atoms with Gasteiger partial charge in [-0.1, -0.05) is 6.92 Å². The Morgan fingerprint density at radius 1 is 1.53 bits per heavy atom. The fourth-order valence-electron chi connectivity index (χ4n) is 1.03. The molecule has 0 saturated carbocycles. The zero-order valence-electron chi connectivity index (χ0n) is 8.66. The minimum absolute atomic E-state index is 0.0849. The fraction of sp³-hybridized carbons (Fsp3) is 0.625. The van der Waals surface area contributed by atoms with Gasteiger partial charge in [-0.3, -0.25) is 0 Å². The zero-order valence-corrected chi connectivity index (χ0v) is 9.47. The predicted octanol–water partition coefficient (Wildman–Crippen LogP) is -0.561. The molecule has 0 unspecified atom stereocenters. The van der Waals surface area contributed by atoms with Crippen LogP contribution in [0.4, 0.5) is 0 Å². The topological polar surface area (TPSA) is 86.9 Å². The van der Waals surface area contributed by atoms with Crippen molar-refractivity contribution >= 4 is 10.0 Å². The third-order valence-electron chi connectivity index (χ3n) is 1.81. The van der Waals surface area contributed by atoms with Gasteiger partial charge in [0.15, 0.2) is 0 Å². The highest BCUT2D eigenvalue weighted by molar-refractivity contribution is 7.89. The van der Waals surface area contributed by atoms with Crippen molar-refractivity contribution in [2.75, 3.05) is 18.8 Å². The number of rotatable bonds is 7. The molecule has 0 bridgehead atoms. The smallest absolute Gasteiger partial charge is 0.213 e. The number of hydrogen-bond acceptors (Lipinski definition) is 4. The van der Waals surface area contributed by atoms with Crippen molar-refractivity contribution in [1.82, 2.24) is 20.0 Å². The zero-order chi connectivity index (χ0) is 11.1. The summed E-state index contributed by atoms with van der Waals surface area (Å²) < 4.78 is 25.3. The summed E-state index contributed by atoms with van der Waals surface area (Å²) >= 11 is 0. The number of hydrogen-bond donors (Lipinski definition) is 3. The van der Waals surface area contributed by atoms with Crippen LogP contribution in [-0.4, -0.2) is 37.2 Å². The summed E-state index contributed by atoms with van der Waals surface area (Å²) in [5, 5.41) is 2.95. The van der Waals surface area contributed by atoms with Crippen molar-refractivity contribution in [3.05, 3.63) is 18.2 Å². The highest BCUT2D eigenvalue weighted by atomic mass is 32.2. The Hall–Kier alpha value is -0.920. The van der Waals surface area contributed by atoms with Crippen LogP contribution in [-0.2, 0) is 16.6 Å². The highest BCUT2D eigenvalue weighted by Crippen LogP contribution is 1.90. The molecule has 1 aromatic rings. The molecule has 0 spiro atoms. The quantitative estimate of drug-likeness (QED) is 0.550. The Labute approximate surface area is 89.5 Å². The van der Waals surface area contributed by atoms with E-state index in [1.165, 1.54) is 0 Å². The summed E-state index contributed by atoms with van der Waals surface area (Å²) in [6.45, 7) is 3.38. The van der Waals surface area contributed by atoms with Gasteiger partial charge in [-0.05, 0) is 6.54 Å². The molecule has 7 heteroatoms. The first-order valence-electron chi connectivity index (χ1n) is 4.80. The molecule has 0 radical (unpaired) electrons. The summed E-state index contributed by atoms with van der Waals surface area (Å²) in [6, 6.07) is 0. The molecule has 0 aliphatic heterocycles. The molecule has 1 aromatic heterocycles. The monoisotopic (exact) mass is 232 g/mol.